The van der Waals surface area contributed by atoms with E-state index in [1.54, 1.807) is 38.1 Å². The smallest absolute Gasteiger partial charge is 0.269 e. The van der Waals surface area contributed by atoms with Gasteiger partial charge in [0, 0.05) is 42.5 Å². The molecule has 28 heavy (non-hydrogen) atoms. The standard InChI is InChI=1S/C19H20N4O4S/c1-26-14-8-9-16-15(10-14)18(12-4-6-13(7-5-12)23(24)25)21-22-17(27-2)11-20-19(16,22)28-3/h4-10,17,20H,11H2,1-3H3. The van der Waals surface area contributed by atoms with Gasteiger partial charge in [-0.2, -0.15) is 5.10 Å². The van der Waals surface area contributed by atoms with Crippen LogP contribution in [0.1, 0.15) is 16.7 Å². The average Bonchev–Trinajstić information content (AvgIpc) is 3.11. The Bertz CT molecular complexity index is 949. The van der Waals surface area contributed by atoms with Gasteiger partial charge in [-0.3, -0.25) is 15.4 Å². The molecule has 2 aromatic carbocycles. The number of hydrogen-bond donors (Lipinski definition) is 1. The number of methoxy groups -OCH3 is 2. The minimum absolute atomic E-state index is 0.0436. The molecule has 2 aliphatic rings. The average molecular weight is 400 g/mol. The number of nitrogens with one attached hydrogen (secondary N) is 1. The first-order chi connectivity index (χ1) is 13.5. The Labute approximate surface area is 166 Å². The number of hydrogen-bond acceptors (Lipinski definition) is 8. The Morgan fingerprint density at radius 3 is 2.64 bits per heavy atom. The Kier molecular flexibility index (Phi) is 4.74. The molecule has 0 aromatic heterocycles. The van der Waals surface area contributed by atoms with Crippen molar-refractivity contribution in [3.8, 4) is 5.75 Å². The lowest BCUT2D eigenvalue weighted by Crippen LogP contribution is -2.49. The maximum Gasteiger partial charge on any atom is 0.269 e. The zero-order valence-electron chi connectivity index (χ0n) is 15.7. The van der Waals surface area contributed by atoms with Crippen molar-refractivity contribution in [1.29, 1.82) is 0 Å². The highest BCUT2D eigenvalue weighted by molar-refractivity contribution is 7.99. The number of fused-ring (bicyclic) bond motifs is 3. The van der Waals surface area contributed by atoms with Gasteiger partial charge in [0.15, 0.2) is 11.2 Å². The fraction of sp³-hybridized carbons (Fsp3) is 0.316. The third-order valence-electron chi connectivity index (χ3n) is 5.09. The molecule has 2 aliphatic heterocycles. The Morgan fingerprint density at radius 2 is 2.04 bits per heavy atom. The molecule has 2 atom stereocenters. The zero-order valence-corrected chi connectivity index (χ0v) is 16.5. The minimum Gasteiger partial charge on any atom is -0.497 e. The van der Waals surface area contributed by atoms with E-state index in [0.29, 0.717) is 6.54 Å². The fourth-order valence-corrected chi connectivity index (χ4v) is 4.64. The van der Waals surface area contributed by atoms with Crippen LogP contribution in [-0.4, -0.2) is 48.9 Å². The van der Waals surface area contributed by atoms with E-state index in [1.165, 1.54) is 12.1 Å². The second-order valence-corrected chi connectivity index (χ2v) is 7.43. The molecule has 0 amide bonds. The van der Waals surface area contributed by atoms with E-state index in [1.807, 2.05) is 29.5 Å². The predicted molar refractivity (Wildman–Crippen MR) is 108 cm³/mol. The molecule has 1 N–H and O–H groups in total. The van der Waals surface area contributed by atoms with E-state index in [9.17, 15) is 10.1 Å². The van der Waals surface area contributed by atoms with Gasteiger partial charge in [0.1, 0.15) is 5.75 Å². The highest BCUT2D eigenvalue weighted by atomic mass is 32.2. The van der Waals surface area contributed by atoms with Gasteiger partial charge in [-0.05, 0) is 36.6 Å². The molecule has 0 saturated carbocycles. The zero-order chi connectivity index (χ0) is 19.9. The third-order valence-corrected chi connectivity index (χ3v) is 6.23. The van der Waals surface area contributed by atoms with Crippen LogP contribution in [0.15, 0.2) is 47.6 Å². The number of benzene rings is 2. The molecule has 0 bridgehead atoms. The van der Waals surface area contributed by atoms with Crippen LogP contribution in [0.25, 0.3) is 0 Å². The summed E-state index contributed by atoms with van der Waals surface area (Å²) in [5, 5.41) is 21.4. The second-order valence-electron chi connectivity index (χ2n) is 6.43. The molecule has 2 heterocycles. The van der Waals surface area contributed by atoms with Crippen LogP contribution in [-0.2, 0) is 9.73 Å². The summed E-state index contributed by atoms with van der Waals surface area (Å²) in [6.07, 6.45) is 1.80. The summed E-state index contributed by atoms with van der Waals surface area (Å²) < 4.78 is 11.1. The van der Waals surface area contributed by atoms with Crippen molar-refractivity contribution >= 4 is 23.2 Å². The second kappa shape index (κ2) is 7.08. The van der Waals surface area contributed by atoms with Crippen LogP contribution in [0.3, 0.4) is 0 Å². The molecule has 146 valence electrons. The van der Waals surface area contributed by atoms with Crippen molar-refractivity contribution in [3.63, 3.8) is 0 Å². The Hall–Kier alpha value is -2.62. The van der Waals surface area contributed by atoms with E-state index in [0.717, 1.165) is 28.2 Å². The van der Waals surface area contributed by atoms with Gasteiger partial charge in [-0.15, -0.1) is 11.8 Å². The quantitative estimate of drug-likeness (QED) is 0.610. The first-order valence-electron chi connectivity index (χ1n) is 8.68. The lowest BCUT2D eigenvalue weighted by molar-refractivity contribution is -0.384. The predicted octanol–water partition coefficient (Wildman–Crippen LogP) is 2.72. The molecule has 8 nitrogen and oxygen atoms in total. The molecule has 0 aliphatic carbocycles. The minimum atomic E-state index is -0.549. The topological polar surface area (TPSA) is 89.2 Å². The first-order valence-corrected chi connectivity index (χ1v) is 9.91. The SMILES string of the molecule is COc1ccc2c(c1)C(c1ccc([N+](=O)[O-])cc1)=NN1C(OC)CNC21SC. The van der Waals surface area contributed by atoms with Gasteiger partial charge in [0.05, 0.1) is 17.7 Å². The molecule has 9 heteroatoms. The molecule has 2 unspecified atom stereocenters. The highest BCUT2D eigenvalue weighted by Crippen LogP contribution is 2.46. The Balaban J connectivity index is 1.91. The number of rotatable bonds is 5. The number of nitro benzene ring substituents is 1. The van der Waals surface area contributed by atoms with Gasteiger partial charge in [-0.25, -0.2) is 5.01 Å². The Morgan fingerprint density at radius 1 is 1.29 bits per heavy atom. The number of ether oxygens (including phenoxy) is 2. The van der Waals surface area contributed by atoms with Crippen LogP contribution < -0.4 is 10.1 Å². The van der Waals surface area contributed by atoms with Crippen LogP contribution in [0.4, 0.5) is 5.69 Å². The number of nitro groups is 1. The van der Waals surface area contributed by atoms with E-state index in [-0.39, 0.29) is 11.9 Å². The highest BCUT2D eigenvalue weighted by Gasteiger charge is 2.51. The van der Waals surface area contributed by atoms with Crippen LogP contribution in [0, 0.1) is 10.1 Å². The van der Waals surface area contributed by atoms with Crippen molar-refractivity contribution in [3.05, 3.63) is 69.3 Å². The molecule has 0 spiro atoms. The lowest BCUT2D eigenvalue weighted by atomic mass is 9.94. The third kappa shape index (κ3) is 2.74. The van der Waals surface area contributed by atoms with Crippen molar-refractivity contribution < 1.29 is 14.4 Å². The summed E-state index contributed by atoms with van der Waals surface area (Å²) in [7, 11) is 3.28. The van der Waals surface area contributed by atoms with E-state index in [2.05, 4.69) is 5.32 Å². The summed E-state index contributed by atoms with van der Waals surface area (Å²) in [6, 6.07) is 12.3. The molecule has 1 fully saturated rings. The van der Waals surface area contributed by atoms with E-state index in [4.69, 9.17) is 14.6 Å². The van der Waals surface area contributed by atoms with Gasteiger partial charge in [-0.1, -0.05) is 0 Å². The van der Waals surface area contributed by atoms with Crippen molar-refractivity contribution in [2.24, 2.45) is 5.10 Å². The molecular formula is C19H20N4O4S. The van der Waals surface area contributed by atoms with Gasteiger partial charge in [0.25, 0.3) is 5.69 Å². The maximum atomic E-state index is 11.0. The number of hydrazone groups is 1. The van der Waals surface area contributed by atoms with Crippen molar-refractivity contribution in [2.45, 2.75) is 11.2 Å². The normalized spacial score (nSPS) is 23.0. The molecule has 2 aromatic rings. The number of non-ortho nitro benzene ring substituents is 1. The summed E-state index contributed by atoms with van der Waals surface area (Å²) >= 11 is 1.64. The summed E-state index contributed by atoms with van der Waals surface area (Å²) in [6.45, 7) is 0.625. The molecule has 4 rings (SSSR count). The van der Waals surface area contributed by atoms with E-state index < -0.39 is 9.92 Å². The number of nitrogens with zero attached hydrogens (tertiary/aromatic N) is 3. The van der Waals surface area contributed by atoms with Crippen molar-refractivity contribution in [2.75, 3.05) is 27.0 Å². The maximum absolute atomic E-state index is 11.0. The van der Waals surface area contributed by atoms with Crippen LogP contribution in [0.2, 0.25) is 0 Å². The lowest BCUT2D eigenvalue weighted by Gasteiger charge is -2.41. The first kappa shape index (κ1) is 18.7. The van der Waals surface area contributed by atoms with Gasteiger partial charge < -0.3 is 9.47 Å². The molecule has 0 radical (unpaired) electrons. The van der Waals surface area contributed by atoms with Crippen LogP contribution >= 0.6 is 11.8 Å². The van der Waals surface area contributed by atoms with E-state index >= 15 is 0 Å². The largest absolute Gasteiger partial charge is 0.497 e. The summed E-state index contributed by atoms with van der Waals surface area (Å²) in [4.78, 5) is 10.0. The molecule has 1 saturated heterocycles. The summed E-state index contributed by atoms with van der Waals surface area (Å²) in [5.74, 6) is 0.722. The van der Waals surface area contributed by atoms with Gasteiger partial charge in [0.2, 0.25) is 0 Å². The van der Waals surface area contributed by atoms with Gasteiger partial charge >= 0.3 is 0 Å². The number of thioether (sulfide) groups is 1. The van der Waals surface area contributed by atoms with Crippen LogP contribution in [0.5, 0.6) is 5.75 Å². The molecular weight excluding hydrogens is 380 g/mol. The van der Waals surface area contributed by atoms with Crippen molar-refractivity contribution in [1.82, 2.24) is 10.3 Å². The monoisotopic (exact) mass is 400 g/mol. The fourth-order valence-electron chi connectivity index (χ4n) is 3.67. The summed E-state index contributed by atoms with van der Waals surface area (Å²) in [5.41, 5.74) is 3.52.